The normalized spacial score (nSPS) is 26.5. The topological polar surface area (TPSA) is 69.8 Å². The van der Waals surface area contributed by atoms with E-state index < -0.39 is 0 Å². The van der Waals surface area contributed by atoms with Gasteiger partial charge in [-0.15, -0.1) is 0 Å². The number of carbonyl (C=O) groups excluding carboxylic acids is 1. The largest absolute Gasteiger partial charge is 0.391 e. The van der Waals surface area contributed by atoms with Crippen molar-refractivity contribution in [1.82, 2.24) is 15.0 Å². The Morgan fingerprint density at radius 3 is 2.52 bits per heavy atom. The van der Waals surface area contributed by atoms with Crippen molar-refractivity contribution in [2.75, 3.05) is 26.2 Å². The summed E-state index contributed by atoms with van der Waals surface area (Å²) in [4.78, 5) is 16.8. The van der Waals surface area contributed by atoms with E-state index in [0.29, 0.717) is 6.42 Å². The van der Waals surface area contributed by atoms with E-state index in [1.807, 2.05) is 18.7 Å². The Labute approximate surface area is 137 Å². The van der Waals surface area contributed by atoms with Crippen LogP contribution in [0.3, 0.4) is 0 Å². The third-order valence-corrected chi connectivity index (χ3v) is 5.34. The Bertz CT molecular complexity index is 530. The Morgan fingerprint density at radius 1 is 1.22 bits per heavy atom. The summed E-state index contributed by atoms with van der Waals surface area (Å²) in [5.41, 5.74) is 1.72. The van der Waals surface area contributed by atoms with E-state index >= 15 is 0 Å². The van der Waals surface area contributed by atoms with Gasteiger partial charge in [-0.05, 0) is 26.7 Å². The lowest BCUT2D eigenvalue weighted by atomic mass is 9.91. The lowest BCUT2D eigenvalue weighted by Crippen LogP contribution is -2.55. The first-order valence-electron chi connectivity index (χ1n) is 8.68. The van der Waals surface area contributed by atoms with Crippen LogP contribution < -0.4 is 0 Å². The van der Waals surface area contributed by atoms with Crippen molar-refractivity contribution in [2.45, 2.75) is 58.1 Å². The molecule has 0 bridgehead atoms. The third kappa shape index (κ3) is 3.58. The van der Waals surface area contributed by atoms with Crippen LogP contribution in [0.2, 0.25) is 0 Å². The number of aryl methyl sites for hydroxylation is 2. The minimum atomic E-state index is -0.201. The van der Waals surface area contributed by atoms with Crippen LogP contribution in [0.1, 0.15) is 42.7 Å². The monoisotopic (exact) mass is 321 g/mol. The zero-order chi connectivity index (χ0) is 16.4. The lowest BCUT2D eigenvalue weighted by molar-refractivity contribution is -0.133. The van der Waals surface area contributed by atoms with Gasteiger partial charge in [0.1, 0.15) is 5.76 Å². The van der Waals surface area contributed by atoms with Crippen molar-refractivity contribution < 1.29 is 14.4 Å². The smallest absolute Gasteiger partial charge is 0.227 e. The molecule has 2 atom stereocenters. The number of hydrogen-bond donors (Lipinski definition) is 1. The maximum Gasteiger partial charge on any atom is 0.227 e. The standard InChI is InChI=1S/C17H27N3O3/c1-12-14(13(2)23-18-12)11-17(22)20-9-7-19(8-10-20)15-5-3-4-6-16(15)21/h15-16,21H,3-11H2,1-2H3. The molecule has 23 heavy (non-hydrogen) atoms. The summed E-state index contributed by atoms with van der Waals surface area (Å²) in [6, 6.07) is 0.281. The zero-order valence-electron chi connectivity index (χ0n) is 14.1. The highest BCUT2D eigenvalue weighted by atomic mass is 16.5. The fourth-order valence-corrected chi connectivity index (χ4v) is 3.84. The van der Waals surface area contributed by atoms with Crippen molar-refractivity contribution in [1.29, 1.82) is 0 Å². The number of aliphatic hydroxyl groups excluding tert-OH is 1. The van der Waals surface area contributed by atoms with Crippen LogP contribution in [0.4, 0.5) is 0 Å². The van der Waals surface area contributed by atoms with E-state index in [2.05, 4.69) is 10.1 Å². The van der Waals surface area contributed by atoms with E-state index in [-0.39, 0.29) is 18.1 Å². The summed E-state index contributed by atoms with van der Waals surface area (Å²) < 4.78 is 5.13. The van der Waals surface area contributed by atoms with Crippen molar-refractivity contribution >= 4 is 5.91 Å². The van der Waals surface area contributed by atoms with Crippen LogP contribution in [0, 0.1) is 13.8 Å². The highest BCUT2D eigenvalue weighted by Gasteiger charge is 2.32. The maximum absolute atomic E-state index is 12.5. The number of piperazine rings is 1. The summed E-state index contributed by atoms with van der Waals surface area (Å²) in [5, 5.41) is 14.1. The Morgan fingerprint density at radius 2 is 1.91 bits per heavy atom. The number of carbonyl (C=O) groups is 1. The zero-order valence-corrected chi connectivity index (χ0v) is 14.1. The minimum Gasteiger partial charge on any atom is -0.391 e. The van der Waals surface area contributed by atoms with Gasteiger partial charge < -0.3 is 14.5 Å². The van der Waals surface area contributed by atoms with E-state index in [9.17, 15) is 9.90 Å². The van der Waals surface area contributed by atoms with Crippen LogP contribution >= 0.6 is 0 Å². The predicted octanol–water partition coefficient (Wildman–Crippen LogP) is 1.28. The molecule has 6 nitrogen and oxygen atoms in total. The molecule has 1 amide bonds. The number of amides is 1. The lowest BCUT2D eigenvalue weighted by Gasteiger charge is -2.42. The average molecular weight is 321 g/mol. The van der Waals surface area contributed by atoms with Crippen LogP contribution in [-0.4, -0.2) is 64.3 Å². The molecule has 2 fully saturated rings. The molecular weight excluding hydrogens is 294 g/mol. The number of hydrogen-bond acceptors (Lipinski definition) is 5. The van der Waals surface area contributed by atoms with Crippen molar-refractivity contribution in [3.05, 3.63) is 17.0 Å². The second-order valence-corrected chi connectivity index (χ2v) is 6.82. The van der Waals surface area contributed by atoms with Gasteiger partial charge in [-0.1, -0.05) is 18.0 Å². The van der Waals surface area contributed by atoms with Gasteiger partial charge in [0.15, 0.2) is 0 Å². The molecule has 3 rings (SSSR count). The van der Waals surface area contributed by atoms with Gasteiger partial charge in [-0.3, -0.25) is 9.69 Å². The molecule has 1 aliphatic heterocycles. The molecule has 2 aliphatic rings. The number of nitrogens with zero attached hydrogens (tertiary/aromatic N) is 3. The van der Waals surface area contributed by atoms with Crippen LogP contribution in [0.15, 0.2) is 4.52 Å². The van der Waals surface area contributed by atoms with Crippen LogP contribution in [0.5, 0.6) is 0 Å². The fourth-order valence-electron chi connectivity index (χ4n) is 3.84. The molecule has 1 aliphatic carbocycles. The summed E-state index contributed by atoms with van der Waals surface area (Å²) >= 11 is 0. The number of aliphatic hydroxyl groups is 1. The molecule has 2 unspecified atom stereocenters. The molecule has 128 valence electrons. The molecule has 1 saturated carbocycles. The third-order valence-electron chi connectivity index (χ3n) is 5.34. The van der Waals surface area contributed by atoms with Crippen LogP contribution in [0.25, 0.3) is 0 Å². The number of rotatable bonds is 3. The first-order valence-corrected chi connectivity index (χ1v) is 8.68. The first kappa shape index (κ1) is 16.5. The van der Waals surface area contributed by atoms with Gasteiger partial charge in [-0.25, -0.2) is 0 Å². The average Bonchev–Trinajstić information content (AvgIpc) is 2.87. The van der Waals surface area contributed by atoms with Gasteiger partial charge in [0.25, 0.3) is 0 Å². The summed E-state index contributed by atoms with van der Waals surface area (Å²) in [7, 11) is 0. The molecule has 0 radical (unpaired) electrons. The van der Waals surface area contributed by atoms with Crippen molar-refractivity contribution in [3.63, 3.8) is 0 Å². The van der Waals surface area contributed by atoms with Gasteiger partial charge in [0.2, 0.25) is 5.91 Å². The molecule has 1 aromatic rings. The van der Waals surface area contributed by atoms with Crippen LogP contribution in [-0.2, 0) is 11.2 Å². The van der Waals surface area contributed by atoms with Crippen molar-refractivity contribution in [2.24, 2.45) is 0 Å². The van der Waals surface area contributed by atoms with E-state index in [1.54, 1.807) is 0 Å². The van der Waals surface area contributed by atoms with Gasteiger partial charge in [0, 0.05) is 37.8 Å². The Hall–Kier alpha value is -1.40. The van der Waals surface area contributed by atoms with E-state index in [1.165, 1.54) is 6.42 Å². The van der Waals surface area contributed by atoms with Gasteiger partial charge in [0.05, 0.1) is 18.2 Å². The minimum absolute atomic E-state index is 0.142. The highest BCUT2D eigenvalue weighted by molar-refractivity contribution is 5.79. The Kier molecular flexibility index (Phi) is 5.02. The quantitative estimate of drug-likeness (QED) is 0.908. The molecule has 6 heteroatoms. The van der Waals surface area contributed by atoms with Gasteiger partial charge >= 0.3 is 0 Å². The SMILES string of the molecule is Cc1noc(C)c1CC(=O)N1CCN(C2CCCCC2O)CC1. The molecule has 0 spiro atoms. The molecule has 0 aromatic carbocycles. The Balaban J connectivity index is 1.53. The highest BCUT2D eigenvalue weighted by Crippen LogP contribution is 2.24. The summed E-state index contributed by atoms with van der Waals surface area (Å²) in [5.74, 6) is 0.878. The van der Waals surface area contributed by atoms with Crippen molar-refractivity contribution in [3.8, 4) is 0 Å². The molecule has 1 aromatic heterocycles. The predicted molar refractivity (Wildman–Crippen MR) is 86.1 cm³/mol. The molecular formula is C17H27N3O3. The fraction of sp³-hybridized carbons (Fsp3) is 0.765. The molecule has 1 saturated heterocycles. The molecule has 2 heterocycles. The number of aromatic nitrogens is 1. The first-order chi connectivity index (χ1) is 11.1. The molecule has 1 N–H and O–H groups in total. The van der Waals surface area contributed by atoms with E-state index in [4.69, 9.17) is 4.52 Å². The second-order valence-electron chi connectivity index (χ2n) is 6.82. The second kappa shape index (κ2) is 7.01. The summed E-state index contributed by atoms with van der Waals surface area (Å²) in [6.07, 6.45) is 4.49. The van der Waals surface area contributed by atoms with E-state index in [0.717, 1.165) is 62.5 Å². The van der Waals surface area contributed by atoms with Gasteiger partial charge in [-0.2, -0.15) is 0 Å². The summed E-state index contributed by atoms with van der Waals surface area (Å²) in [6.45, 7) is 6.92. The maximum atomic E-state index is 12.5.